The van der Waals surface area contributed by atoms with Crippen molar-refractivity contribution in [3.05, 3.63) is 0 Å². The third-order valence-corrected chi connectivity index (χ3v) is 6.15. The molecule has 0 radical (unpaired) electrons. The Labute approximate surface area is 156 Å². The molecule has 25 heavy (non-hydrogen) atoms. The maximum Gasteiger partial charge on any atom is 0.0682 e. The Bertz CT molecular complexity index is 393. The molecule has 2 unspecified atom stereocenters. The van der Waals surface area contributed by atoms with Crippen LogP contribution in [-0.4, -0.2) is 73.5 Å². The lowest BCUT2D eigenvalue weighted by atomic mass is 9.84. The quantitative estimate of drug-likeness (QED) is 0.598. The van der Waals surface area contributed by atoms with E-state index < -0.39 is 0 Å². The fourth-order valence-corrected chi connectivity index (χ4v) is 4.20. The Kier molecular flexibility index (Phi) is 7.75. The largest absolute Gasteiger partial charge is 0.378 e. The van der Waals surface area contributed by atoms with Crippen molar-refractivity contribution >= 4 is 0 Å². The molecule has 0 aromatic heterocycles. The van der Waals surface area contributed by atoms with Crippen LogP contribution in [0.4, 0.5) is 0 Å². The number of ether oxygens (including phenoxy) is 2. The van der Waals surface area contributed by atoms with Crippen LogP contribution in [0.15, 0.2) is 0 Å². The van der Waals surface area contributed by atoms with Crippen molar-refractivity contribution in [3.8, 4) is 0 Å². The first-order chi connectivity index (χ1) is 11.7. The topological polar surface area (TPSA) is 24.9 Å². The molecule has 3 atom stereocenters. The van der Waals surface area contributed by atoms with Crippen molar-refractivity contribution in [3.63, 3.8) is 0 Å². The van der Waals surface area contributed by atoms with E-state index >= 15 is 0 Å². The molecule has 2 fully saturated rings. The minimum atomic E-state index is 0.00207. The van der Waals surface area contributed by atoms with Crippen LogP contribution in [0.5, 0.6) is 0 Å². The molecule has 2 rings (SSSR count). The van der Waals surface area contributed by atoms with Crippen molar-refractivity contribution in [2.75, 3.05) is 39.8 Å². The van der Waals surface area contributed by atoms with Crippen LogP contribution < -0.4 is 0 Å². The van der Waals surface area contributed by atoms with Crippen LogP contribution in [0.25, 0.3) is 0 Å². The summed E-state index contributed by atoms with van der Waals surface area (Å²) in [6.45, 7) is 19.1. The minimum absolute atomic E-state index is 0.00207. The van der Waals surface area contributed by atoms with Gasteiger partial charge in [-0.1, -0.05) is 0 Å². The molecule has 4 nitrogen and oxygen atoms in total. The molecule has 2 heterocycles. The van der Waals surface area contributed by atoms with Gasteiger partial charge in [0.05, 0.1) is 24.4 Å². The van der Waals surface area contributed by atoms with Crippen LogP contribution in [0.3, 0.4) is 0 Å². The van der Waals surface area contributed by atoms with Gasteiger partial charge >= 0.3 is 0 Å². The zero-order valence-electron chi connectivity index (χ0n) is 17.8. The smallest absolute Gasteiger partial charge is 0.0682 e. The highest BCUT2D eigenvalue weighted by atomic mass is 16.5. The van der Waals surface area contributed by atoms with E-state index in [-0.39, 0.29) is 5.60 Å². The van der Waals surface area contributed by atoms with Gasteiger partial charge in [0.2, 0.25) is 0 Å². The molecule has 0 aliphatic carbocycles. The zero-order valence-corrected chi connectivity index (χ0v) is 17.8. The van der Waals surface area contributed by atoms with E-state index in [1.54, 1.807) is 0 Å². The van der Waals surface area contributed by atoms with Crippen molar-refractivity contribution in [2.24, 2.45) is 11.8 Å². The average Bonchev–Trinajstić information content (AvgIpc) is 2.96. The molecule has 4 heteroatoms. The third-order valence-electron chi connectivity index (χ3n) is 6.15. The second kappa shape index (κ2) is 9.16. The van der Waals surface area contributed by atoms with Crippen LogP contribution in [0, 0.1) is 11.8 Å². The van der Waals surface area contributed by atoms with E-state index in [0.717, 1.165) is 13.0 Å². The normalized spacial score (nSPS) is 26.2. The highest BCUT2D eigenvalue weighted by Gasteiger charge is 2.39. The predicted molar refractivity (Wildman–Crippen MR) is 105 cm³/mol. The molecule has 0 aromatic rings. The molecular weight excluding hydrogens is 312 g/mol. The van der Waals surface area contributed by atoms with Crippen molar-refractivity contribution in [2.45, 2.75) is 84.7 Å². The number of hydrogen-bond donors (Lipinski definition) is 0. The third kappa shape index (κ3) is 6.50. The van der Waals surface area contributed by atoms with Crippen LogP contribution >= 0.6 is 0 Å². The fourth-order valence-electron chi connectivity index (χ4n) is 4.20. The highest BCUT2D eigenvalue weighted by molar-refractivity contribution is 4.91. The monoisotopic (exact) mass is 354 g/mol. The zero-order chi connectivity index (χ0) is 18.6. The van der Waals surface area contributed by atoms with E-state index in [1.807, 2.05) is 0 Å². The van der Waals surface area contributed by atoms with Gasteiger partial charge in [-0.2, -0.15) is 0 Å². The van der Waals surface area contributed by atoms with Crippen LogP contribution in [-0.2, 0) is 9.47 Å². The molecule has 0 spiro atoms. The summed E-state index contributed by atoms with van der Waals surface area (Å²) in [6.07, 6.45) is 4.34. The summed E-state index contributed by atoms with van der Waals surface area (Å²) in [5, 5.41) is 0. The van der Waals surface area contributed by atoms with Gasteiger partial charge in [0.15, 0.2) is 0 Å². The molecule has 148 valence electrons. The van der Waals surface area contributed by atoms with Gasteiger partial charge in [-0.05, 0) is 80.3 Å². The van der Waals surface area contributed by atoms with E-state index in [1.165, 1.54) is 39.0 Å². The molecule has 2 aliphatic rings. The lowest BCUT2D eigenvalue weighted by molar-refractivity contribution is -0.135. The van der Waals surface area contributed by atoms with Gasteiger partial charge in [-0.15, -0.1) is 0 Å². The van der Waals surface area contributed by atoms with Gasteiger partial charge in [-0.25, -0.2) is 0 Å². The summed E-state index contributed by atoms with van der Waals surface area (Å²) < 4.78 is 12.2. The maximum atomic E-state index is 6.42. The van der Waals surface area contributed by atoms with Crippen molar-refractivity contribution < 1.29 is 9.47 Å². The van der Waals surface area contributed by atoms with Crippen molar-refractivity contribution in [1.82, 2.24) is 9.80 Å². The Morgan fingerprint density at radius 2 is 1.72 bits per heavy atom. The van der Waals surface area contributed by atoms with Gasteiger partial charge in [0, 0.05) is 31.6 Å². The summed E-state index contributed by atoms with van der Waals surface area (Å²) in [4.78, 5) is 5.02. The van der Waals surface area contributed by atoms with E-state index in [2.05, 4.69) is 58.4 Å². The Hall–Kier alpha value is -0.160. The Balaban J connectivity index is 1.65. The first-order valence-corrected chi connectivity index (χ1v) is 10.4. The first kappa shape index (κ1) is 21.1. The molecule has 0 amide bonds. The molecule has 0 saturated carbocycles. The number of hydrogen-bond acceptors (Lipinski definition) is 4. The molecule has 0 bridgehead atoms. The minimum Gasteiger partial charge on any atom is -0.378 e. The Morgan fingerprint density at radius 3 is 2.32 bits per heavy atom. The van der Waals surface area contributed by atoms with Gasteiger partial charge in [0.1, 0.15) is 0 Å². The summed E-state index contributed by atoms with van der Waals surface area (Å²) in [5.74, 6) is 1.39. The summed E-state index contributed by atoms with van der Waals surface area (Å²) in [6, 6.07) is 0.646. The predicted octanol–water partition coefficient (Wildman–Crippen LogP) is 3.65. The summed E-state index contributed by atoms with van der Waals surface area (Å²) >= 11 is 0. The number of nitrogens with zero attached hydrogens (tertiary/aromatic N) is 2. The number of rotatable bonds is 10. The highest BCUT2D eigenvalue weighted by Crippen LogP contribution is 2.31. The molecule has 0 aromatic carbocycles. The van der Waals surface area contributed by atoms with E-state index in [9.17, 15) is 0 Å². The molecular formula is C21H42N2O2. The fraction of sp³-hybridized carbons (Fsp3) is 1.00. The Morgan fingerprint density at radius 1 is 1.04 bits per heavy atom. The van der Waals surface area contributed by atoms with E-state index in [0.29, 0.717) is 30.1 Å². The second-order valence-electron chi connectivity index (χ2n) is 9.41. The average molecular weight is 355 g/mol. The van der Waals surface area contributed by atoms with Gasteiger partial charge in [-0.3, -0.25) is 0 Å². The van der Waals surface area contributed by atoms with E-state index in [4.69, 9.17) is 9.47 Å². The second-order valence-corrected chi connectivity index (χ2v) is 9.41. The summed E-state index contributed by atoms with van der Waals surface area (Å²) in [5.41, 5.74) is 0.00207. The SMILES string of the molecule is CC(C)OC[C@H]1CCN(C(C)CCC(C)OC(C)(C)C2CN(C)C2)C1. The van der Waals surface area contributed by atoms with Crippen molar-refractivity contribution in [1.29, 1.82) is 0 Å². The lowest BCUT2D eigenvalue weighted by Crippen LogP contribution is -2.55. The first-order valence-electron chi connectivity index (χ1n) is 10.4. The van der Waals surface area contributed by atoms with Gasteiger partial charge in [0.25, 0.3) is 0 Å². The summed E-state index contributed by atoms with van der Waals surface area (Å²) in [7, 11) is 2.19. The van der Waals surface area contributed by atoms with Gasteiger partial charge < -0.3 is 19.3 Å². The molecule has 2 saturated heterocycles. The lowest BCUT2D eigenvalue weighted by Gasteiger charge is -2.47. The van der Waals surface area contributed by atoms with Crippen LogP contribution in [0.1, 0.15) is 60.8 Å². The standard InChI is InChI=1S/C21H42N2O2/c1-16(2)24-15-19-10-11-23(12-19)17(3)8-9-18(4)25-21(5,6)20-13-22(7)14-20/h16-20H,8-15H2,1-7H3/t17?,18?,19-/m0/s1. The number of likely N-dealkylation sites (tertiary alicyclic amines) is 2. The van der Waals surface area contributed by atoms with Crippen LogP contribution in [0.2, 0.25) is 0 Å². The molecule has 2 aliphatic heterocycles. The maximum absolute atomic E-state index is 6.42. The molecule has 0 N–H and O–H groups in total.